The minimum absolute atomic E-state index is 1.12. The molecule has 1 nitrogen and oxygen atoms in total. The van der Waals surface area contributed by atoms with Crippen LogP contribution in [0.25, 0.3) is 85.5 Å². The fourth-order valence-electron chi connectivity index (χ4n) is 8.41. The van der Waals surface area contributed by atoms with Crippen molar-refractivity contribution in [1.82, 2.24) is 0 Å². The second kappa shape index (κ2) is 12.4. The summed E-state index contributed by atoms with van der Waals surface area (Å²) in [5, 5.41) is 12.7. The SMILES string of the molecule is c1ccc2c(-c3ccc(-c4ccc(N(c5ccc6c(ccc7c8ccccc8sc67)c5)c5cc6ccccc6c6ccccc56)cc4)cc3)cccc2c1. The molecule has 252 valence electrons. The highest BCUT2D eigenvalue weighted by molar-refractivity contribution is 7.26. The number of anilines is 3. The Kier molecular flexibility index (Phi) is 7.11. The van der Waals surface area contributed by atoms with Crippen LogP contribution in [0.5, 0.6) is 0 Å². The molecule has 2 heteroatoms. The molecular formula is C52H33NS. The van der Waals surface area contributed by atoms with Crippen LogP contribution in [-0.2, 0) is 0 Å². The molecular weight excluding hydrogens is 671 g/mol. The van der Waals surface area contributed by atoms with Gasteiger partial charge >= 0.3 is 0 Å². The van der Waals surface area contributed by atoms with E-state index in [0.29, 0.717) is 0 Å². The zero-order valence-electron chi connectivity index (χ0n) is 29.4. The van der Waals surface area contributed by atoms with Crippen LogP contribution in [0.4, 0.5) is 17.1 Å². The van der Waals surface area contributed by atoms with Gasteiger partial charge in [0.05, 0.1) is 5.69 Å². The summed E-state index contributed by atoms with van der Waals surface area (Å²) in [7, 11) is 0. The predicted octanol–water partition coefficient (Wildman–Crippen LogP) is 15.5. The molecule has 11 aromatic rings. The first-order valence-corrected chi connectivity index (χ1v) is 19.3. The van der Waals surface area contributed by atoms with Gasteiger partial charge in [-0.2, -0.15) is 0 Å². The summed E-state index contributed by atoms with van der Waals surface area (Å²) in [6.07, 6.45) is 0. The molecule has 0 unspecified atom stereocenters. The van der Waals surface area contributed by atoms with E-state index in [2.05, 4.69) is 205 Å². The Morgan fingerprint density at radius 2 is 0.889 bits per heavy atom. The number of benzene rings is 10. The van der Waals surface area contributed by atoms with E-state index in [9.17, 15) is 0 Å². The van der Waals surface area contributed by atoms with Gasteiger partial charge < -0.3 is 4.90 Å². The third kappa shape index (κ3) is 4.99. The third-order valence-corrected chi connectivity index (χ3v) is 12.3. The first-order chi connectivity index (χ1) is 26.8. The molecule has 0 amide bonds. The van der Waals surface area contributed by atoms with Gasteiger partial charge in [-0.15, -0.1) is 11.3 Å². The van der Waals surface area contributed by atoms with Gasteiger partial charge in [0.1, 0.15) is 0 Å². The van der Waals surface area contributed by atoms with Crippen LogP contribution >= 0.6 is 11.3 Å². The fourth-order valence-corrected chi connectivity index (χ4v) is 9.65. The molecule has 0 N–H and O–H groups in total. The highest BCUT2D eigenvalue weighted by atomic mass is 32.1. The molecule has 0 saturated heterocycles. The van der Waals surface area contributed by atoms with E-state index in [1.54, 1.807) is 0 Å². The number of hydrogen-bond acceptors (Lipinski definition) is 2. The van der Waals surface area contributed by atoms with Crippen molar-refractivity contribution in [3.05, 3.63) is 200 Å². The quantitative estimate of drug-likeness (QED) is 0.161. The Balaban J connectivity index is 1.05. The van der Waals surface area contributed by atoms with Crippen molar-refractivity contribution >= 4 is 91.7 Å². The van der Waals surface area contributed by atoms with Crippen molar-refractivity contribution in [3.63, 3.8) is 0 Å². The van der Waals surface area contributed by atoms with Gasteiger partial charge in [-0.25, -0.2) is 0 Å². The van der Waals surface area contributed by atoms with Gasteiger partial charge in [0.2, 0.25) is 0 Å². The van der Waals surface area contributed by atoms with Gasteiger partial charge in [0.25, 0.3) is 0 Å². The van der Waals surface area contributed by atoms with Crippen molar-refractivity contribution in [2.75, 3.05) is 4.90 Å². The molecule has 0 radical (unpaired) electrons. The molecule has 0 fully saturated rings. The van der Waals surface area contributed by atoms with Crippen LogP contribution in [0.3, 0.4) is 0 Å². The van der Waals surface area contributed by atoms with E-state index in [1.807, 2.05) is 11.3 Å². The number of thiophene rings is 1. The average molecular weight is 704 g/mol. The zero-order valence-corrected chi connectivity index (χ0v) is 30.2. The lowest BCUT2D eigenvalue weighted by molar-refractivity contribution is 1.31. The molecule has 1 heterocycles. The van der Waals surface area contributed by atoms with Gasteiger partial charge in [-0.05, 0) is 96.4 Å². The molecule has 0 saturated carbocycles. The fraction of sp³-hybridized carbons (Fsp3) is 0. The minimum atomic E-state index is 1.12. The van der Waals surface area contributed by atoms with Gasteiger partial charge in [0.15, 0.2) is 0 Å². The number of nitrogens with zero attached hydrogens (tertiary/aromatic N) is 1. The average Bonchev–Trinajstić information content (AvgIpc) is 3.63. The summed E-state index contributed by atoms with van der Waals surface area (Å²) in [6.45, 7) is 0. The van der Waals surface area contributed by atoms with E-state index in [4.69, 9.17) is 0 Å². The van der Waals surface area contributed by atoms with Gasteiger partial charge in [-0.3, -0.25) is 0 Å². The van der Waals surface area contributed by atoms with Crippen molar-refractivity contribution in [2.24, 2.45) is 0 Å². The Bertz CT molecular complexity index is 3200. The first kappa shape index (κ1) is 30.8. The van der Waals surface area contributed by atoms with E-state index < -0.39 is 0 Å². The van der Waals surface area contributed by atoms with E-state index >= 15 is 0 Å². The second-order valence-electron chi connectivity index (χ2n) is 14.1. The molecule has 0 aliphatic heterocycles. The zero-order chi connectivity index (χ0) is 35.6. The standard InChI is InChI=1S/C52H33NS/c1-3-13-42-36(10-1)12-9-18-43(42)37-22-20-34(21-23-37)35-24-27-40(28-25-35)53(50-33-38-11-2-4-14-44(38)46-15-5-6-16-47(46)50)41-29-31-45-39(32-41)26-30-49-48-17-7-8-19-51(48)54-52(45)49/h1-33H. The van der Waals surface area contributed by atoms with Gasteiger partial charge in [-0.1, -0.05) is 164 Å². The van der Waals surface area contributed by atoms with Crippen molar-refractivity contribution in [2.45, 2.75) is 0 Å². The molecule has 1 aromatic heterocycles. The van der Waals surface area contributed by atoms with Crippen LogP contribution in [0, 0.1) is 0 Å². The first-order valence-electron chi connectivity index (χ1n) is 18.5. The van der Waals surface area contributed by atoms with E-state index in [-0.39, 0.29) is 0 Å². The summed E-state index contributed by atoms with van der Waals surface area (Å²) >= 11 is 1.89. The Hall–Kier alpha value is -6.74. The predicted molar refractivity (Wildman–Crippen MR) is 235 cm³/mol. The summed E-state index contributed by atoms with van der Waals surface area (Å²) < 4.78 is 2.68. The maximum absolute atomic E-state index is 2.44. The number of hydrogen-bond donors (Lipinski definition) is 0. The number of fused-ring (bicyclic) bond motifs is 9. The van der Waals surface area contributed by atoms with Crippen molar-refractivity contribution in [3.8, 4) is 22.3 Å². The van der Waals surface area contributed by atoms with Crippen molar-refractivity contribution in [1.29, 1.82) is 0 Å². The maximum Gasteiger partial charge on any atom is 0.0546 e. The molecule has 0 spiro atoms. The van der Waals surface area contributed by atoms with Gasteiger partial charge in [0, 0.05) is 36.9 Å². The molecule has 10 aromatic carbocycles. The third-order valence-electron chi connectivity index (χ3n) is 11.0. The summed E-state index contributed by atoms with van der Waals surface area (Å²) in [5.74, 6) is 0. The lowest BCUT2D eigenvalue weighted by Crippen LogP contribution is -2.10. The maximum atomic E-state index is 2.44. The van der Waals surface area contributed by atoms with E-state index in [0.717, 1.165) is 11.4 Å². The molecule has 0 bridgehead atoms. The van der Waals surface area contributed by atoms with Crippen LogP contribution in [0.2, 0.25) is 0 Å². The molecule has 0 aliphatic carbocycles. The van der Waals surface area contributed by atoms with Crippen LogP contribution in [0.15, 0.2) is 200 Å². The Morgan fingerprint density at radius 3 is 1.70 bits per heavy atom. The Labute approximate surface area is 317 Å². The monoisotopic (exact) mass is 703 g/mol. The molecule has 11 rings (SSSR count). The highest BCUT2D eigenvalue weighted by Crippen LogP contribution is 2.45. The van der Waals surface area contributed by atoms with Crippen LogP contribution < -0.4 is 4.90 Å². The molecule has 0 aliphatic rings. The smallest absolute Gasteiger partial charge is 0.0546 e. The van der Waals surface area contributed by atoms with Crippen LogP contribution in [-0.4, -0.2) is 0 Å². The van der Waals surface area contributed by atoms with E-state index in [1.165, 1.54) is 91.2 Å². The minimum Gasteiger partial charge on any atom is -0.310 e. The molecule has 0 atom stereocenters. The Morgan fingerprint density at radius 1 is 0.315 bits per heavy atom. The van der Waals surface area contributed by atoms with Crippen molar-refractivity contribution < 1.29 is 0 Å². The lowest BCUT2D eigenvalue weighted by Gasteiger charge is -2.28. The lowest BCUT2D eigenvalue weighted by atomic mass is 9.96. The largest absolute Gasteiger partial charge is 0.310 e. The van der Waals surface area contributed by atoms with Crippen LogP contribution in [0.1, 0.15) is 0 Å². The summed E-state index contributed by atoms with van der Waals surface area (Å²) in [4.78, 5) is 2.44. The number of rotatable bonds is 5. The highest BCUT2D eigenvalue weighted by Gasteiger charge is 2.19. The normalized spacial score (nSPS) is 11.7. The topological polar surface area (TPSA) is 3.24 Å². The molecule has 54 heavy (non-hydrogen) atoms. The summed E-state index contributed by atoms with van der Waals surface area (Å²) in [5.41, 5.74) is 8.30. The second-order valence-corrected chi connectivity index (χ2v) is 15.1. The summed E-state index contributed by atoms with van der Waals surface area (Å²) in [6, 6.07) is 73.5.